The van der Waals surface area contributed by atoms with Gasteiger partial charge in [-0.1, -0.05) is 32.0 Å². The molecule has 0 bridgehead atoms. The van der Waals surface area contributed by atoms with E-state index in [1.54, 1.807) is 12.1 Å². The van der Waals surface area contributed by atoms with Crippen molar-refractivity contribution in [3.8, 4) is 0 Å². The van der Waals surface area contributed by atoms with Crippen molar-refractivity contribution in [2.75, 3.05) is 20.1 Å². The summed E-state index contributed by atoms with van der Waals surface area (Å²) >= 11 is 0. The molecule has 2 N–H and O–H groups in total. The van der Waals surface area contributed by atoms with Gasteiger partial charge >= 0.3 is 0 Å². The van der Waals surface area contributed by atoms with Crippen LogP contribution in [0.2, 0.25) is 0 Å². The van der Waals surface area contributed by atoms with Gasteiger partial charge in [0.25, 0.3) is 0 Å². The number of nitrogens with zero attached hydrogens (tertiary/aromatic N) is 1. The lowest BCUT2D eigenvalue weighted by molar-refractivity contribution is 0.273. The summed E-state index contributed by atoms with van der Waals surface area (Å²) < 4.78 is 13.5. The van der Waals surface area contributed by atoms with Crippen LogP contribution in [-0.4, -0.2) is 25.0 Å². The van der Waals surface area contributed by atoms with Gasteiger partial charge in [0.1, 0.15) is 5.82 Å². The largest absolute Gasteiger partial charge is 0.324 e. The van der Waals surface area contributed by atoms with Gasteiger partial charge in [-0.05, 0) is 25.6 Å². The molecule has 90 valence electrons. The molecule has 0 heterocycles. The lowest BCUT2D eigenvalue weighted by Crippen LogP contribution is -2.31. The van der Waals surface area contributed by atoms with Crippen LogP contribution < -0.4 is 5.73 Å². The Morgan fingerprint density at radius 3 is 2.56 bits per heavy atom. The van der Waals surface area contributed by atoms with Gasteiger partial charge in [-0.15, -0.1) is 0 Å². The fourth-order valence-electron chi connectivity index (χ4n) is 1.79. The van der Waals surface area contributed by atoms with Gasteiger partial charge in [0, 0.05) is 18.2 Å². The van der Waals surface area contributed by atoms with Crippen LogP contribution in [0.5, 0.6) is 0 Å². The van der Waals surface area contributed by atoms with E-state index in [1.165, 1.54) is 6.07 Å². The lowest BCUT2D eigenvalue weighted by Gasteiger charge is -2.25. The van der Waals surface area contributed by atoms with Gasteiger partial charge in [-0.3, -0.25) is 0 Å². The van der Waals surface area contributed by atoms with Crippen molar-refractivity contribution < 1.29 is 4.39 Å². The molecule has 0 saturated carbocycles. The van der Waals surface area contributed by atoms with Crippen molar-refractivity contribution in [1.29, 1.82) is 0 Å². The maximum Gasteiger partial charge on any atom is 0.127 e. The van der Waals surface area contributed by atoms with E-state index in [2.05, 4.69) is 18.7 Å². The molecule has 16 heavy (non-hydrogen) atoms. The molecule has 0 aliphatic heterocycles. The molecule has 0 aliphatic rings. The minimum atomic E-state index is -0.241. The average Bonchev–Trinajstić information content (AvgIpc) is 2.28. The highest BCUT2D eigenvalue weighted by molar-refractivity contribution is 5.21. The van der Waals surface area contributed by atoms with E-state index in [9.17, 15) is 4.39 Å². The predicted molar refractivity (Wildman–Crippen MR) is 65.7 cm³/mol. The third-order valence-electron chi connectivity index (χ3n) is 3.02. The Hall–Kier alpha value is -0.930. The molecule has 1 aromatic rings. The van der Waals surface area contributed by atoms with Crippen LogP contribution in [0.3, 0.4) is 0 Å². The van der Waals surface area contributed by atoms with Gasteiger partial charge < -0.3 is 10.6 Å². The molecule has 2 nitrogen and oxygen atoms in total. The zero-order chi connectivity index (χ0) is 12.1. The molecule has 1 rings (SSSR count). The minimum Gasteiger partial charge on any atom is -0.324 e. The highest BCUT2D eigenvalue weighted by Crippen LogP contribution is 2.22. The van der Waals surface area contributed by atoms with Crippen molar-refractivity contribution in [3.63, 3.8) is 0 Å². The molecule has 1 aromatic carbocycles. The summed E-state index contributed by atoms with van der Waals surface area (Å²) in [6.07, 6.45) is 0. The summed E-state index contributed by atoms with van der Waals surface area (Å²) in [6.45, 7) is 6.02. The average molecular weight is 224 g/mol. The summed E-state index contributed by atoms with van der Waals surface area (Å²) in [5, 5.41) is 0. The lowest BCUT2D eigenvalue weighted by atomic mass is 9.94. The van der Waals surface area contributed by atoms with Crippen LogP contribution >= 0.6 is 0 Å². The third kappa shape index (κ3) is 3.29. The van der Waals surface area contributed by atoms with Crippen LogP contribution in [0.4, 0.5) is 4.39 Å². The van der Waals surface area contributed by atoms with Crippen LogP contribution in [0.15, 0.2) is 24.3 Å². The van der Waals surface area contributed by atoms with Crippen LogP contribution in [-0.2, 0) is 0 Å². The Balaban J connectivity index is 2.70. The van der Waals surface area contributed by atoms with E-state index >= 15 is 0 Å². The molecule has 0 spiro atoms. The Morgan fingerprint density at radius 2 is 2.00 bits per heavy atom. The smallest absolute Gasteiger partial charge is 0.127 e. The maximum atomic E-state index is 13.5. The van der Waals surface area contributed by atoms with Crippen molar-refractivity contribution in [3.05, 3.63) is 35.6 Å². The first-order valence-electron chi connectivity index (χ1n) is 5.74. The molecule has 0 aliphatic carbocycles. The molecule has 0 aromatic heterocycles. The summed E-state index contributed by atoms with van der Waals surface area (Å²) in [7, 11) is 2.05. The van der Waals surface area contributed by atoms with Crippen molar-refractivity contribution >= 4 is 0 Å². The Kier molecular flexibility index (Phi) is 4.90. The first-order valence-corrected chi connectivity index (χ1v) is 5.74. The summed E-state index contributed by atoms with van der Waals surface area (Å²) in [6, 6.07) is 6.51. The maximum absolute atomic E-state index is 13.5. The Morgan fingerprint density at radius 1 is 1.38 bits per heavy atom. The highest BCUT2D eigenvalue weighted by Gasteiger charge is 2.18. The molecule has 2 atom stereocenters. The molecule has 2 unspecified atom stereocenters. The first kappa shape index (κ1) is 13.1. The van der Waals surface area contributed by atoms with Crippen molar-refractivity contribution in [2.24, 2.45) is 11.7 Å². The number of rotatable bonds is 5. The topological polar surface area (TPSA) is 29.3 Å². The predicted octanol–water partition coefficient (Wildman–Crippen LogP) is 2.41. The first-order chi connectivity index (χ1) is 7.56. The number of hydrogen-bond acceptors (Lipinski definition) is 2. The zero-order valence-electron chi connectivity index (χ0n) is 10.3. The second kappa shape index (κ2) is 5.97. The second-order valence-electron chi connectivity index (χ2n) is 4.38. The molecule has 0 saturated heterocycles. The van der Waals surface area contributed by atoms with Crippen LogP contribution in [0.25, 0.3) is 0 Å². The Bertz CT molecular complexity index is 327. The van der Waals surface area contributed by atoms with E-state index in [4.69, 9.17) is 5.73 Å². The van der Waals surface area contributed by atoms with Crippen LogP contribution in [0, 0.1) is 11.7 Å². The molecule has 0 radical (unpaired) electrons. The molecular formula is C13H21FN2. The third-order valence-corrected chi connectivity index (χ3v) is 3.02. The van der Waals surface area contributed by atoms with Gasteiger partial charge in [0.2, 0.25) is 0 Å². The molecule has 0 amide bonds. The summed E-state index contributed by atoms with van der Waals surface area (Å²) in [5.41, 5.74) is 6.69. The van der Waals surface area contributed by atoms with E-state index in [-0.39, 0.29) is 17.8 Å². The van der Waals surface area contributed by atoms with Gasteiger partial charge in [-0.25, -0.2) is 4.39 Å². The molecular weight excluding hydrogens is 203 g/mol. The van der Waals surface area contributed by atoms with E-state index in [1.807, 2.05) is 13.1 Å². The summed E-state index contributed by atoms with van der Waals surface area (Å²) in [4.78, 5) is 2.19. The highest BCUT2D eigenvalue weighted by atomic mass is 19.1. The van der Waals surface area contributed by atoms with Crippen LogP contribution in [0.1, 0.15) is 25.5 Å². The quantitative estimate of drug-likeness (QED) is 0.832. The van der Waals surface area contributed by atoms with Gasteiger partial charge in [0.15, 0.2) is 0 Å². The number of halogens is 1. The summed E-state index contributed by atoms with van der Waals surface area (Å²) in [5.74, 6) is 0.0304. The Labute approximate surface area is 97.3 Å². The van der Waals surface area contributed by atoms with Crippen molar-refractivity contribution in [2.45, 2.75) is 19.9 Å². The normalized spacial score (nSPS) is 15.1. The second-order valence-corrected chi connectivity index (χ2v) is 4.38. The standard InChI is InChI=1S/C13H21FN2/c1-4-16(3)9-10(2)13(15)11-7-5-6-8-12(11)14/h5-8,10,13H,4,9,15H2,1-3H3. The van der Waals surface area contributed by atoms with Gasteiger partial charge in [-0.2, -0.15) is 0 Å². The van der Waals surface area contributed by atoms with E-state index < -0.39 is 0 Å². The number of benzene rings is 1. The number of hydrogen-bond donors (Lipinski definition) is 1. The fraction of sp³-hybridized carbons (Fsp3) is 0.538. The molecule has 0 fully saturated rings. The van der Waals surface area contributed by atoms with E-state index in [0.29, 0.717) is 5.56 Å². The molecule has 3 heteroatoms. The zero-order valence-corrected chi connectivity index (χ0v) is 10.3. The SMILES string of the molecule is CCN(C)CC(C)C(N)c1ccccc1F. The monoisotopic (exact) mass is 224 g/mol. The minimum absolute atomic E-state index is 0.207. The van der Waals surface area contributed by atoms with Gasteiger partial charge in [0.05, 0.1) is 0 Å². The van der Waals surface area contributed by atoms with Crippen molar-refractivity contribution in [1.82, 2.24) is 4.90 Å². The van der Waals surface area contributed by atoms with E-state index in [0.717, 1.165) is 13.1 Å². The number of nitrogens with two attached hydrogens (primary N) is 1. The fourth-order valence-corrected chi connectivity index (χ4v) is 1.79.